The average molecular weight is 113 g/mol. The molecule has 3 nitrogen and oxygen atoms in total. The van der Waals surface area contributed by atoms with E-state index in [0.29, 0.717) is 12.2 Å². The van der Waals surface area contributed by atoms with E-state index in [2.05, 4.69) is 5.32 Å². The van der Waals surface area contributed by atoms with E-state index in [-0.39, 0.29) is 5.91 Å². The minimum Gasteiger partial charge on any atom is -0.499 e. The summed E-state index contributed by atoms with van der Waals surface area (Å²) in [6.45, 7) is 0. The molecule has 44 valence electrons. The Morgan fingerprint density at radius 3 is 2.88 bits per heavy atom. The summed E-state index contributed by atoms with van der Waals surface area (Å²) in [5, 5.41) is 2.49. The molecule has 0 fully saturated rings. The number of hydrogen-bond donors (Lipinski definition) is 1. The summed E-state index contributed by atoms with van der Waals surface area (Å²) in [5.41, 5.74) is 0. The number of hydrogen-bond acceptors (Lipinski definition) is 2. The molecule has 1 aliphatic rings. The summed E-state index contributed by atoms with van der Waals surface area (Å²) in [7, 11) is 1.55. The molecule has 0 spiro atoms. The van der Waals surface area contributed by atoms with Gasteiger partial charge < -0.3 is 10.1 Å². The number of amides is 1. The molecule has 1 N–H and O–H groups in total. The summed E-state index contributed by atoms with van der Waals surface area (Å²) < 4.78 is 4.76. The van der Waals surface area contributed by atoms with Gasteiger partial charge in [0.15, 0.2) is 0 Å². The molecule has 8 heavy (non-hydrogen) atoms. The van der Waals surface area contributed by atoms with E-state index < -0.39 is 0 Å². The van der Waals surface area contributed by atoms with Crippen LogP contribution in [0.25, 0.3) is 0 Å². The van der Waals surface area contributed by atoms with Crippen molar-refractivity contribution in [2.45, 2.75) is 6.42 Å². The number of carbonyl (C=O) groups is 1. The van der Waals surface area contributed by atoms with Gasteiger partial charge >= 0.3 is 0 Å². The lowest BCUT2D eigenvalue weighted by Gasteiger charge is -1.91. The summed E-state index contributed by atoms with van der Waals surface area (Å²) in [5.74, 6) is 0.705. The van der Waals surface area contributed by atoms with Gasteiger partial charge in [-0.15, -0.1) is 0 Å². The van der Waals surface area contributed by atoms with E-state index in [1.165, 1.54) is 0 Å². The van der Waals surface area contributed by atoms with Crippen LogP contribution < -0.4 is 5.32 Å². The van der Waals surface area contributed by atoms with Crippen molar-refractivity contribution in [1.29, 1.82) is 0 Å². The molecule has 0 atom stereocenters. The van der Waals surface area contributed by atoms with Gasteiger partial charge in [0.2, 0.25) is 5.91 Å². The first kappa shape index (κ1) is 5.15. The number of carbonyl (C=O) groups excluding carboxylic acids is 1. The van der Waals surface area contributed by atoms with Crippen molar-refractivity contribution >= 4 is 5.91 Å². The molecule has 1 amide bonds. The standard InChI is InChI=1S/C5H7NO2/c1-8-4-2-5(7)6-3-4/h3H,2H2,1H3,(H,6,7). The Hall–Kier alpha value is -0.990. The first-order valence-electron chi connectivity index (χ1n) is 2.35. The van der Waals surface area contributed by atoms with Crippen molar-refractivity contribution in [3.8, 4) is 0 Å². The third-order valence-corrected chi connectivity index (χ3v) is 0.991. The Balaban J connectivity index is 2.49. The molecule has 0 aliphatic carbocycles. The molecule has 0 aromatic heterocycles. The van der Waals surface area contributed by atoms with Crippen LogP contribution in [0.3, 0.4) is 0 Å². The minimum atomic E-state index is 0.00171. The Morgan fingerprint density at radius 2 is 2.62 bits per heavy atom. The lowest BCUT2D eigenvalue weighted by Crippen LogP contribution is -2.08. The van der Waals surface area contributed by atoms with E-state index in [9.17, 15) is 4.79 Å². The van der Waals surface area contributed by atoms with Crippen molar-refractivity contribution in [2.24, 2.45) is 0 Å². The number of methoxy groups -OCH3 is 1. The SMILES string of the molecule is COC1=CNC(=O)C1. The van der Waals surface area contributed by atoms with E-state index >= 15 is 0 Å². The predicted octanol–water partition coefficient (Wildman–Crippen LogP) is -0.00590. The van der Waals surface area contributed by atoms with Crippen molar-refractivity contribution in [1.82, 2.24) is 5.32 Å². The zero-order chi connectivity index (χ0) is 5.98. The Labute approximate surface area is 47.3 Å². The zero-order valence-electron chi connectivity index (χ0n) is 4.60. The van der Waals surface area contributed by atoms with Gasteiger partial charge in [-0.1, -0.05) is 0 Å². The maximum Gasteiger partial charge on any atom is 0.231 e. The van der Waals surface area contributed by atoms with Crippen LogP contribution in [0.1, 0.15) is 6.42 Å². The van der Waals surface area contributed by atoms with Gasteiger partial charge in [-0.3, -0.25) is 4.79 Å². The van der Waals surface area contributed by atoms with E-state index in [1.807, 2.05) is 0 Å². The van der Waals surface area contributed by atoms with Crippen LogP contribution >= 0.6 is 0 Å². The molecule has 0 aromatic rings. The Bertz CT molecular complexity index is 139. The second-order valence-electron chi connectivity index (χ2n) is 1.56. The van der Waals surface area contributed by atoms with Crippen LogP contribution in [0.5, 0.6) is 0 Å². The lowest BCUT2D eigenvalue weighted by molar-refractivity contribution is -0.119. The van der Waals surface area contributed by atoms with Crippen molar-refractivity contribution in [3.05, 3.63) is 12.0 Å². The smallest absolute Gasteiger partial charge is 0.231 e. The third-order valence-electron chi connectivity index (χ3n) is 0.991. The van der Waals surface area contributed by atoms with Gasteiger partial charge in [0.05, 0.1) is 13.5 Å². The fourth-order valence-corrected chi connectivity index (χ4v) is 0.552. The quantitative estimate of drug-likeness (QED) is 0.519. The first-order chi connectivity index (χ1) is 3.83. The molecule has 3 heteroatoms. The second kappa shape index (κ2) is 1.86. The van der Waals surface area contributed by atoms with E-state index in [4.69, 9.17) is 4.74 Å². The molecule has 1 rings (SSSR count). The molecule has 0 radical (unpaired) electrons. The van der Waals surface area contributed by atoms with Crippen LogP contribution in [-0.4, -0.2) is 13.0 Å². The number of nitrogens with one attached hydrogen (secondary N) is 1. The first-order valence-corrected chi connectivity index (χ1v) is 2.35. The zero-order valence-corrected chi connectivity index (χ0v) is 4.60. The van der Waals surface area contributed by atoms with Crippen LogP contribution in [0.4, 0.5) is 0 Å². The average Bonchev–Trinajstić information content (AvgIpc) is 2.14. The Kier molecular flexibility index (Phi) is 1.20. The third kappa shape index (κ3) is 0.804. The van der Waals surface area contributed by atoms with E-state index in [1.54, 1.807) is 13.3 Å². The maximum absolute atomic E-state index is 10.4. The van der Waals surface area contributed by atoms with Crippen LogP contribution in [0.15, 0.2) is 12.0 Å². The summed E-state index contributed by atoms with van der Waals surface area (Å²) in [6, 6.07) is 0. The maximum atomic E-state index is 10.4. The number of rotatable bonds is 1. The fourth-order valence-electron chi connectivity index (χ4n) is 0.552. The van der Waals surface area contributed by atoms with Crippen molar-refractivity contribution < 1.29 is 9.53 Å². The molecule has 1 aliphatic heterocycles. The topological polar surface area (TPSA) is 38.3 Å². The molecule has 1 heterocycles. The Morgan fingerprint density at radius 1 is 1.88 bits per heavy atom. The summed E-state index contributed by atoms with van der Waals surface area (Å²) in [4.78, 5) is 10.4. The van der Waals surface area contributed by atoms with Crippen molar-refractivity contribution in [3.63, 3.8) is 0 Å². The molecular weight excluding hydrogens is 106 g/mol. The molecule has 0 aromatic carbocycles. The van der Waals surface area contributed by atoms with Crippen LogP contribution in [0, 0.1) is 0 Å². The van der Waals surface area contributed by atoms with Gasteiger partial charge in [-0.2, -0.15) is 0 Å². The van der Waals surface area contributed by atoms with Gasteiger partial charge in [0.25, 0.3) is 0 Å². The molecule has 0 saturated heterocycles. The van der Waals surface area contributed by atoms with Crippen molar-refractivity contribution in [2.75, 3.05) is 7.11 Å². The van der Waals surface area contributed by atoms with Crippen LogP contribution in [0.2, 0.25) is 0 Å². The summed E-state index contributed by atoms with van der Waals surface area (Å²) >= 11 is 0. The molecule has 0 unspecified atom stereocenters. The monoisotopic (exact) mass is 113 g/mol. The normalized spacial score (nSPS) is 17.6. The van der Waals surface area contributed by atoms with Gasteiger partial charge in [0, 0.05) is 6.20 Å². The molecule has 0 bridgehead atoms. The highest BCUT2D eigenvalue weighted by molar-refractivity contribution is 5.81. The van der Waals surface area contributed by atoms with E-state index in [0.717, 1.165) is 0 Å². The minimum absolute atomic E-state index is 0.00171. The second-order valence-corrected chi connectivity index (χ2v) is 1.56. The highest BCUT2D eigenvalue weighted by Gasteiger charge is 2.10. The van der Waals surface area contributed by atoms with Gasteiger partial charge in [-0.05, 0) is 0 Å². The molecular formula is C5H7NO2. The molecule has 0 saturated carbocycles. The highest BCUT2D eigenvalue weighted by atomic mass is 16.5. The van der Waals surface area contributed by atoms with Crippen LogP contribution in [-0.2, 0) is 9.53 Å². The summed E-state index contributed by atoms with van der Waals surface area (Å²) in [6.07, 6.45) is 1.96. The highest BCUT2D eigenvalue weighted by Crippen LogP contribution is 2.05. The largest absolute Gasteiger partial charge is 0.499 e. The number of ether oxygens (including phenoxy) is 1. The van der Waals surface area contributed by atoms with Gasteiger partial charge in [-0.25, -0.2) is 0 Å². The lowest BCUT2D eigenvalue weighted by atomic mass is 10.4. The van der Waals surface area contributed by atoms with Gasteiger partial charge in [0.1, 0.15) is 5.76 Å². The fraction of sp³-hybridized carbons (Fsp3) is 0.400. The predicted molar refractivity (Wildman–Crippen MR) is 27.9 cm³/mol.